The van der Waals surface area contributed by atoms with E-state index in [4.69, 9.17) is 9.47 Å². The number of nitrogens with one attached hydrogen (secondary N) is 1. The summed E-state index contributed by atoms with van der Waals surface area (Å²) in [5.41, 5.74) is 1.01. The predicted molar refractivity (Wildman–Crippen MR) is 102 cm³/mol. The standard InChI is InChI=1S/C21H17NO6/c1-22-18-12-17(27-20(25)13-2-6-15(23)7-3-13)10-11-19(18)28-21(26)14-4-8-16(24)9-5-14/h2-12,22-24H,1H3. The lowest BCUT2D eigenvalue weighted by Gasteiger charge is -2.12. The average molecular weight is 379 g/mol. The van der Waals surface area contributed by atoms with Crippen molar-refractivity contribution >= 4 is 17.6 Å². The maximum atomic E-state index is 12.2. The van der Waals surface area contributed by atoms with Gasteiger partial charge in [0.05, 0.1) is 16.8 Å². The number of esters is 2. The second kappa shape index (κ2) is 8.13. The van der Waals surface area contributed by atoms with Crippen LogP contribution in [0.3, 0.4) is 0 Å². The molecule has 0 unspecified atom stereocenters. The van der Waals surface area contributed by atoms with Gasteiger partial charge < -0.3 is 25.0 Å². The molecule has 3 N–H and O–H groups in total. The van der Waals surface area contributed by atoms with Crippen LogP contribution in [0.4, 0.5) is 5.69 Å². The molecule has 3 rings (SSSR count). The number of carbonyl (C=O) groups is 2. The van der Waals surface area contributed by atoms with E-state index in [2.05, 4.69) is 5.32 Å². The summed E-state index contributed by atoms with van der Waals surface area (Å²) >= 11 is 0. The quantitative estimate of drug-likeness (QED) is 0.460. The minimum absolute atomic E-state index is 0.0484. The lowest BCUT2D eigenvalue weighted by molar-refractivity contribution is 0.0720. The third-order valence-electron chi connectivity index (χ3n) is 3.84. The Hall–Kier alpha value is -4.00. The Morgan fingerprint density at radius 3 is 1.75 bits per heavy atom. The third-order valence-corrected chi connectivity index (χ3v) is 3.84. The molecule has 3 aromatic carbocycles. The molecule has 0 saturated carbocycles. The van der Waals surface area contributed by atoms with Crippen molar-refractivity contribution < 1.29 is 29.3 Å². The fourth-order valence-electron chi connectivity index (χ4n) is 2.38. The Morgan fingerprint density at radius 2 is 1.25 bits per heavy atom. The van der Waals surface area contributed by atoms with Gasteiger partial charge >= 0.3 is 11.9 Å². The van der Waals surface area contributed by atoms with Crippen LogP contribution in [0.2, 0.25) is 0 Å². The van der Waals surface area contributed by atoms with Crippen molar-refractivity contribution in [2.24, 2.45) is 0 Å². The largest absolute Gasteiger partial charge is 0.508 e. The molecule has 0 amide bonds. The third kappa shape index (κ3) is 4.39. The van der Waals surface area contributed by atoms with E-state index in [1.54, 1.807) is 7.05 Å². The van der Waals surface area contributed by atoms with Gasteiger partial charge in [0.2, 0.25) is 0 Å². The zero-order valence-corrected chi connectivity index (χ0v) is 14.9. The molecule has 28 heavy (non-hydrogen) atoms. The molecule has 0 aromatic heterocycles. The van der Waals surface area contributed by atoms with Crippen LogP contribution < -0.4 is 14.8 Å². The van der Waals surface area contributed by atoms with Crippen LogP contribution in [-0.4, -0.2) is 29.2 Å². The lowest BCUT2D eigenvalue weighted by atomic mass is 10.2. The highest BCUT2D eigenvalue weighted by atomic mass is 16.5. The molecule has 0 aliphatic rings. The van der Waals surface area contributed by atoms with Crippen LogP contribution in [0.25, 0.3) is 0 Å². The molecule has 0 spiro atoms. The smallest absolute Gasteiger partial charge is 0.343 e. The monoisotopic (exact) mass is 379 g/mol. The minimum atomic E-state index is -0.592. The highest BCUT2D eigenvalue weighted by Crippen LogP contribution is 2.30. The van der Waals surface area contributed by atoms with Gasteiger partial charge in [0.15, 0.2) is 5.75 Å². The van der Waals surface area contributed by atoms with Crippen LogP contribution in [0.15, 0.2) is 66.7 Å². The molecular formula is C21H17NO6. The molecule has 0 radical (unpaired) electrons. The zero-order chi connectivity index (χ0) is 20.1. The zero-order valence-electron chi connectivity index (χ0n) is 14.9. The van der Waals surface area contributed by atoms with Crippen molar-refractivity contribution in [3.63, 3.8) is 0 Å². The number of hydrogen-bond donors (Lipinski definition) is 3. The fraction of sp³-hybridized carbons (Fsp3) is 0.0476. The maximum absolute atomic E-state index is 12.2. The van der Waals surface area contributed by atoms with E-state index in [0.717, 1.165) is 0 Å². The number of aromatic hydroxyl groups is 2. The first-order chi connectivity index (χ1) is 13.5. The number of rotatable bonds is 5. The fourth-order valence-corrected chi connectivity index (χ4v) is 2.38. The van der Waals surface area contributed by atoms with Crippen molar-refractivity contribution in [1.29, 1.82) is 0 Å². The van der Waals surface area contributed by atoms with Crippen molar-refractivity contribution in [2.45, 2.75) is 0 Å². The van der Waals surface area contributed by atoms with Gasteiger partial charge in [0.1, 0.15) is 17.2 Å². The topological polar surface area (TPSA) is 105 Å². The highest BCUT2D eigenvalue weighted by molar-refractivity contribution is 5.93. The van der Waals surface area contributed by atoms with Crippen molar-refractivity contribution in [3.05, 3.63) is 77.9 Å². The summed E-state index contributed by atoms with van der Waals surface area (Å²) in [7, 11) is 1.64. The number of carbonyl (C=O) groups excluding carboxylic acids is 2. The first-order valence-electron chi connectivity index (χ1n) is 8.30. The van der Waals surface area contributed by atoms with Gasteiger partial charge in [-0.1, -0.05) is 0 Å². The Bertz CT molecular complexity index is 996. The van der Waals surface area contributed by atoms with Crippen molar-refractivity contribution in [1.82, 2.24) is 0 Å². The lowest BCUT2D eigenvalue weighted by Crippen LogP contribution is -2.11. The number of benzene rings is 3. The molecule has 0 fully saturated rings. The van der Waals surface area contributed by atoms with E-state index in [1.807, 2.05) is 0 Å². The number of phenols is 2. The van der Waals surface area contributed by atoms with E-state index in [0.29, 0.717) is 5.69 Å². The Kier molecular flexibility index (Phi) is 5.45. The molecule has 0 aliphatic heterocycles. The van der Waals surface area contributed by atoms with E-state index >= 15 is 0 Å². The summed E-state index contributed by atoms with van der Waals surface area (Å²) in [6.07, 6.45) is 0. The number of ether oxygens (including phenoxy) is 2. The molecule has 0 saturated heterocycles. The van der Waals surface area contributed by atoms with E-state index in [9.17, 15) is 19.8 Å². The first-order valence-corrected chi connectivity index (χ1v) is 8.30. The van der Waals surface area contributed by atoms with E-state index < -0.39 is 11.9 Å². The molecule has 0 heterocycles. The first kappa shape index (κ1) is 18.8. The van der Waals surface area contributed by atoms with Crippen LogP contribution in [0.1, 0.15) is 20.7 Å². The van der Waals surface area contributed by atoms with Crippen molar-refractivity contribution in [3.8, 4) is 23.0 Å². The van der Waals surface area contributed by atoms with E-state index in [1.165, 1.54) is 66.7 Å². The van der Waals surface area contributed by atoms with Gasteiger partial charge in [0.25, 0.3) is 0 Å². The van der Waals surface area contributed by atoms with Crippen LogP contribution in [0, 0.1) is 0 Å². The second-order valence-electron chi connectivity index (χ2n) is 5.78. The summed E-state index contributed by atoms with van der Waals surface area (Å²) < 4.78 is 10.7. The number of phenolic OH excluding ortho intramolecular Hbond substituents is 2. The Labute approximate surface area is 160 Å². The second-order valence-corrected chi connectivity index (χ2v) is 5.78. The maximum Gasteiger partial charge on any atom is 0.343 e. The molecular weight excluding hydrogens is 362 g/mol. The molecule has 7 nitrogen and oxygen atoms in total. The van der Waals surface area contributed by atoms with E-state index in [-0.39, 0.29) is 34.1 Å². The molecule has 0 atom stereocenters. The summed E-state index contributed by atoms with van der Waals surface area (Å²) in [6, 6.07) is 15.9. The molecule has 3 aromatic rings. The van der Waals surface area contributed by atoms with Crippen LogP contribution in [0.5, 0.6) is 23.0 Å². The van der Waals surface area contributed by atoms with Gasteiger partial charge in [-0.05, 0) is 60.7 Å². The normalized spacial score (nSPS) is 10.2. The summed E-state index contributed by atoms with van der Waals surface area (Å²) in [5.74, 6) is -0.570. The van der Waals surface area contributed by atoms with Crippen molar-refractivity contribution in [2.75, 3.05) is 12.4 Å². The number of hydrogen-bond acceptors (Lipinski definition) is 7. The summed E-state index contributed by atoms with van der Waals surface area (Å²) in [6.45, 7) is 0. The summed E-state index contributed by atoms with van der Waals surface area (Å²) in [5, 5.41) is 21.5. The highest BCUT2D eigenvalue weighted by Gasteiger charge is 2.14. The van der Waals surface area contributed by atoms with Gasteiger partial charge in [-0.3, -0.25) is 0 Å². The SMILES string of the molecule is CNc1cc(OC(=O)c2ccc(O)cc2)ccc1OC(=O)c1ccc(O)cc1. The molecule has 0 aliphatic carbocycles. The minimum Gasteiger partial charge on any atom is -0.508 e. The van der Waals surface area contributed by atoms with Crippen LogP contribution >= 0.6 is 0 Å². The predicted octanol–water partition coefficient (Wildman–Crippen LogP) is 3.58. The average Bonchev–Trinajstić information content (AvgIpc) is 2.70. The van der Waals surface area contributed by atoms with Crippen LogP contribution in [-0.2, 0) is 0 Å². The Balaban J connectivity index is 1.74. The Morgan fingerprint density at radius 1 is 0.750 bits per heavy atom. The molecule has 0 bridgehead atoms. The number of anilines is 1. The van der Waals surface area contributed by atoms with Gasteiger partial charge in [-0.15, -0.1) is 0 Å². The van der Waals surface area contributed by atoms with Gasteiger partial charge in [-0.25, -0.2) is 9.59 Å². The molecule has 7 heteroatoms. The van der Waals surface area contributed by atoms with Gasteiger partial charge in [-0.2, -0.15) is 0 Å². The molecule has 142 valence electrons. The van der Waals surface area contributed by atoms with Gasteiger partial charge in [0, 0.05) is 13.1 Å². The summed E-state index contributed by atoms with van der Waals surface area (Å²) in [4.78, 5) is 24.4.